The molecule has 0 bridgehead atoms. The number of hydrogen-bond donors (Lipinski definition) is 1. The van der Waals surface area contributed by atoms with Gasteiger partial charge in [-0.15, -0.1) is 0 Å². The lowest BCUT2D eigenvalue weighted by molar-refractivity contribution is 0.525. The minimum Gasteiger partial charge on any atom is -0.459 e. The highest BCUT2D eigenvalue weighted by atomic mass is 79.9. The number of rotatable bonds is 3. The first-order chi connectivity index (χ1) is 9.11. The van der Waals surface area contributed by atoms with Gasteiger partial charge in [-0.1, -0.05) is 15.9 Å². The van der Waals surface area contributed by atoms with Crippen LogP contribution in [0.1, 0.15) is 18.7 Å². The summed E-state index contributed by atoms with van der Waals surface area (Å²) >= 11 is 3.47. The summed E-state index contributed by atoms with van der Waals surface area (Å²) in [7, 11) is 1.90. The van der Waals surface area contributed by atoms with Crippen molar-refractivity contribution in [1.29, 1.82) is 0 Å². The molecule has 98 valence electrons. The number of nitrogens with one attached hydrogen (secondary N) is 1. The van der Waals surface area contributed by atoms with Crippen LogP contribution in [0.5, 0.6) is 0 Å². The Kier molecular flexibility index (Phi) is 3.06. The summed E-state index contributed by atoms with van der Waals surface area (Å²) in [5.41, 5.74) is 0.896. The second-order valence-corrected chi connectivity index (χ2v) is 5.49. The number of furan rings is 1. The number of fused-ring (bicyclic) bond motifs is 1. The molecular weight excluding hydrogens is 306 g/mol. The van der Waals surface area contributed by atoms with Crippen LogP contribution in [0, 0.1) is 0 Å². The predicted octanol–water partition coefficient (Wildman–Crippen LogP) is 4.10. The maximum absolute atomic E-state index is 5.85. The highest BCUT2D eigenvalue weighted by Crippen LogP contribution is 2.27. The minimum absolute atomic E-state index is 0.0704. The van der Waals surface area contributed by atoms with Crippen LogP contribution in [-0.2, 0) is 7.05 Å². The molecule has 0 aliphatic heterocycles. The minimum atomic E-state index is 0.0704. The normalized spacial score (nSPS) is 12.8. The molecule has 0 fully saturated rings. The molecule has 1 unspecified atom stereocenters. The molecule has 1 N–H and O–H groups in total. The van der Waals surface area contributed by atoms with Crippen LogP contribution < -0.4 is 5.32 Å². The summed E-state index contributed by atoms with van der Waals surface area (Å²) < 4.78 is 8.67. The molecule has 1 aromatic carbocycles. The van der Waals surface area contributed by atoms with Crippen molar-refractivity contribution in [2.45, 2.75) is 13.0 Å². The van der Waals surface area contributed by atoms with E-state index in [-0.39, 0.29) is 6.04 Å². The summed E-state index contributed by atoms with van der Waals surface area (Å²) in [5.74, 6) is 1.75. The third-order valence-electron chi connectivity index (χ3n) is 3.00. The van der Waals surface area contributed by atoms with Gasteiger partial charge in [0.25, 0.3) is 0 Å². The fourth-order valence-corrected chi connectivity index (χ4v) is 2.41. The first-order valence-electron chi connectivity index (χ1n) is 6.07. The summed E-state index contributed by atoms with van der Waals surface area (Å²) in [5, 5.41) is 8.71. The number of halogens is 1. The zero-order valence-corrected chi connectivity index (χ0v) is 12.3. The van der Waals surface area contributed by atoms with Gasteiger partial charge in [-0.25, -0.2) is 0 Å². The van der Waals surface area contributed by atoms with Crippen molar-refractivity contribution in [3.8, 4) is 0 Å². The van der Waals surface area contributed by atoms with Crippen molar-refractivity contribution in [3.63, 3.8) is 0 Å². The summed E-state index contributed by atoms with van der Waals surface area (Å²) in [6.45, 7) is 2.06. The zero-order valence-electron chi connectivity index (χ0n) is 10.7. The van der Waals surface area contributed by atoms with Crippen molar-refractivity contribution in [2.75, 3.05) is 5.32 Å². The van der Waals surface area contributed by atoms with E-state index in [0.717, 1.165) is 27.0 Å². The molecule has 3 aromatic rings. The van der Waals surface area contributed by atoms with E-state index in [2.05, 4.69) is 45.4 Å². The van der Waals surface area contributed by atoms with Gasteiger partial charge in [0.2, 0.25) is 0 Å². The Hall–Kier alpha value is -1.75. The van der Waals surface area contributed by atoms with Gasteiger partial charge in [-0.3, -0.25) is 4.68 Å². The van der Waals surface area contributed by atoms with E-state index in [1.54, 1.807) is 4.68 Å². The quantitative estimate of drug-likeness (QED) is 0.790. The molecule has 0 aliphatic rings. The maximum Gasteiger partial charge on any atom is 0.148 e. The largest absolute Gasteiger partial charge is 0.459 e. The van der Waals surface area contributed by atoms with Crippen molar-refractivity contribution in [3.05, 3.63) is 46.8 Å². The lowest BCUT2D eigenvalue weighted by Crippen LogP contribution is -2.06. The standard InChI is InChI=1S/C14H14BrN3O/c1-9(16-14-5-6-18(2)17-14)13-8-10-7-11(15)3-4-12(10)19-13/h3-9H,1-2H3,(H,16,17). The number of hydrogen-bond acceptors (Lipinski definition) is 3. The monoisotopic (exact) mass is 319 g/mol. The van der Waals surface area contributed by atoms with E-state index in [1.807, 2.05) is 31.4 Å². The van der Waals surface area contributed by atoms with Gasteiger partial charge in [0.1, 0.15) is 17.2 Å². The van der Waals surface area contributed by atoms with Crippen molar-refractivity contribution >= 4 is 32.7 Å². The number of benzene rings is 1. The Labute approximate surface area is 119 Å². The smallest absolute Gasteiger partial charge is 0.148 e. The van der Waals surface area contributed by atoms with E-state index >= 15 is 0 Å². The molecule has 2 heterocycles. The Bertz CT molecular complexity index is 716. The highest BCUT2D eigenvalue weighted by molar-refractivity contribution is 9.10. The first kappa shape index (κ1) is 12.3. The fraction of sp³-hybridized carbons (Fsp3) is 0.214. The predicted molar refractivity (Wildman–Crippen MR) is 79.2 cm³/mol. The second-order valence-electron chi connectivity index (χ2n) is 4.57. The van der Waals surface area contributed by atoms with E-state index in [9.17, 15) is 0 Å². The van der Waals surface area contributed by atoms with Gasteiger partial charge in [0, 0.05) is 29.2 Å². The average Bonchev–Trinajstić information content (AvgIpc) is 2.95. The molecule has 0 radical (unpaired) electrons. The van der Waals surface area contributed by atoms with Crippen molar-refractivity contribution < 1.29 is 4.42 Å². The summed E-state index contributed by atoms with van der Waals surface area (Å²) in [6, 6.07) is 10.1. The topological polar surface area (TPSA) is 43.0 Å². The van der Waals surface area contributed by atoms with Gasteiger partial charge in [-0.05, 0) is 31.2 Å². The van der Waals surface area contributed by atoms with Crippen molar-refractivity contribution in [2.24, 2.45) is 7.05 Å². The maximum atomic E-state index is 5.85. The summed E-state index contributed by atoms with van der Waals surface area (Å²) in [4.78, 5) is 0. The molecule has 5 heteroatoms. The molecule has 4 nitrogen and oxygen atoms in total. The van der Waals surface area contributed by atoms with E-state index in [4.69, 9.17) is 4.42 Å². The third-order valence-corrected chi connectivity index (χ3v) is 3.50. The number of aryl methyl sites for hydroxylation is 1. The molecule has 0 saturated heterocycles. The average molecular weight is 320 g/mol. The Morgan fingerprint density at radius 2 is 2.16 bits per heavy atom. The van der Waals surface area contributed by atoms with Crippen LogP contribution in [0.15, 0.2) is 45.4 Å². The van der Waals surface area contributed by atoms with Crippen LogP contribution in [-0.4, -0.2) is 9.78 Å². The van der Waals surface area contributed by atoms with E-state index in [0.29, 0.717) is 0 Å². The Morgan fingerprint density at radius 3 is 2.89 bits per heavy atom. The van der Waals surface area contributed by atoms with Gasteiger partial charge in [0.05, 0.1) is 6.04 Å². The lowest BCUT2D eigenvalue weighted by Gasteiger charge is -2.09. The van der Waals surface area contributed by atoms with Gasteiger partial charge >= 0.3 is 0 Å². The molecule has 0 saturated carbocycles. The second kappa shape index (κ2) is 4.74. The van der Waals surface area contributed by atoms with Crippen LogP contribution in [0.4, 0.5) is 5.82 Å². The number of aromatic nitrogens is 2. The van der Waals surface area contributed by atoms with Crippen LogP contribution >= 0.6 is 15.9 Å². The first-order valence-corrected chi connectivity index (χ1v) is 6.86. The molecule has 0 spiro atoms. The van der Waals surface area contributed by atoms with Crippen molar-refractivity contribution in [1.82, 2.24) is 9.78 Å². The van der Waals surface area contributed by atoms with Gasteiger partial charge < -0.3 is 9.73 Å². The molecule has 3 rings (SSSR count). The van der Waals surface area contributed by atoms with Gasteiger partial charge in [-0.2, -0.15) is 5.10 Å². The molecule has 19 heavy (non-hydrogen) atoms. The zero-order chi connectivity index (χ0) is 13.4. The number of nitrogens with zero attached hydrogens (tertiary/aromatic N) is 2. The molecule has 2 aromatic heterocycles. The van der Waals surface area contributed by atoms with Crippen LogP contribution in [0.25, 0.3) is 11.0 Å². The Balaban J connectivity index is 1.86. The fourth-order valence-electron chi connectivity index (χ4n) is 2.03. The van der Waals surface area contributed by atoms with E-state index in [1.165, 1.54) is 0 Å². The molecule has 1 atom stereocenters. The molecule has 0 amide bonds. The van der Waals surface area contributed by atoms with Crippen LogP contribution in [0.3, 0.4) is 0 Å². The Morgan fingerprint density at radius 1 is 1.32 bits per heavy atom. The van der Waals surface area contributed by atoms with E-state index < -0.39 is 0 Å². The summed E-state index contributed by atoms with van der Waals surface area (Å²) in [6.07, 6.45) is 1.91. The highest BCUT2D eigenvalue weighted by Gasteiger charge is 2.12. The molecule has 0 aliphatic carbocycles. The third kappa shape index (κ3) is 2.51. The van der Waals surface area contributed by atoms with Crippen LogP contribution in [0.2, 0.25) is 0 Å². The van der Waals surface area contributed by atoms with Gasteiger partial charge in [0.15, 0.2) is 0 Å². The molecular formula is C14H14BrN3O. The lowest BCUT2D eigenvalue weighted by atomic mass is 10.2. The number of anilines is 1. The SMILES string of the molecule is CC(Nc1ccn(C)n1)c1cc2cc(Br)ccc2o1.